The van der Waals surface area contributed by atoms with Crippen molar-refractivity contribution in [3.8, 4) is 0 Å². The SMILES string of the molecule is Cc1ccc(NC(=O)COC(=O)c2ccc(N3CCCC3)nn2)c(Br)c1. The minimum absolute atomic E-state index is 0.0808. The topological polar surface area (TPSA) is 84.4 Å². The van der Waals surface area contributed by atoms with Crippen molar-refractivity contribution in [1.29, 1.82) is 0 Å². The minimum atomic E-state index is -0.677. The van der Waals surface area contributed by atoms with E-state index in [9.17, 15) is 9.59 Å². The third kappa shape index (κ3) is 4.57. The first-order chi connectivity index (χ1) is 12.5. The molecule has 0 spiro atoms. The Hall–Kier alpha value is -2.48. The van der Waals surface area contributed by atoms with E-state index in [-0.39, 0.29) is 5.69 Å². The van der Waals surface area contributed by atoms with Gasteiger partial charge in [-0.05, 0) is 65.5 Å². The Bertz CT molecular complexity index is 805. The van der Waals surface area contributed by atoms with Gasteiger partial charge in [-0.15, -0.1) is 10.2 Å². The van der Waals surface area contributed by atoms with Gasteiger partial charge in [0.1, 0.15) is 0 Å². The summed E-state index contributed by atoms with van der Waals surface area (Å²) >= 11 is 3.38. The van der Waals surface area contributed by atoms with Crippen LogP contribution in [-0.4, -0.2) is 41.8 Å². The van der Waals surface area contributed by atoms with E-state index in [1.165, 1.54) is 0 Å². The Labute approximate surface area is 159 Å². The van der Waals surface area contributed by atoms with Crippen LogP contribution in [0.2, 0.25) is 0 Å². The quantitative estimate of drug-likeness (QED) is 0.751. The Morgan fingerprint density at radius 1 is 1.19 bits per heavy atom. The van der Waals surface area contributed by atoms with Crippen molar-refractivity contribution in [1.82, 2.24) is 10.2 Å². The van der Waals surface area contributed by atoms with Crippen molar-refractivity contribution in [3.05, 3.63) is 46.1 Å². The maximum absolute atomic E-state index is 12.0. The molecule has 0 atom stereocenters. The molecule has 1 aliphatic rings. The molecule has 0 saturated carbocycles. The van der Waals surface area contributed by atoms with E-state index in [4.69, 9.17) is 4.74 Å². The Kier molecular flexibility index (Phi) is 5.82. The molecule has 26 heavy (non-hydrogen) atoms. The maximum Gasteiger partial charge on any atom is 0.359 e. The average molecular weight is 419 g/mol. The second-order valence-electron chi connectivity index (χ2n) is 6.08. The third-order valence-electron chi connectivity index (χ3n) is 4.02. The Morgan fingerprint density at radius 2 is 1.96 bits per heavy atom. The molecule has 1 aliphatic heterocycles. The number of rotatable bonds is 5. The summed E-state index contributed by atoms with van der Waals surface area (Å²) < 4.78 is 5.77. The summed E-state index contributed by atoms with van der Waals surface area (Å²) in [6, 6.07) is 8.86. The van der Waals surface area contributed by atoms with Crippen molar-refractivity contribution in [2.75, 3.05) is 29.9 Å². The number of nitrogens with one attached hydrogen (secondary N) is 1. The van der Waals surface area contributed by atoms with Crippen molar-refractivity contribution in [2.45, 2.75) is 19.8 Å². The summed E-state index contributed by atoms with van der Waals surface area (Å²) in [4.78, 5) is 26.1. The zero-order chi connectivity index (χ0) is 18.5. The number of aryl methyl sites for hydroxylation is 1. The molecule has 0 bridgehead atoms. The molecule has 2 aromatic rings. The Morgan fingerprint density at radius 3 is 2.62 bits per heavy atom. The molecule has 3 rings (SSSR count). The van der Waals surface area contributed by atoms with Gasteiger partial charge in [-0.3, -0.25) is 4.79 Å². The van der Waals surface area contributed by atoms with E-state index in [1.54, 1.807) is 18.2 Å². The lowest BCUT2D eigenvalue weighted by Crippen LogP contribution is -2.22. The smallest absolute Gasteiger partial charge is 0.359 e. The van der Waals surface area contributed by atoms with Crippen LogP contribution >= 0.6 is 15.9 Å². The second-order valence-corrected chi connectivity index (χ2v) is 6.93. The van der Waals surface area contributed by atoms with Crippen LogP contribution in [0.25, 0.3) is 0 Å². The second kappa shape index (κ2) is 8.27. The van der Waals surface area contributed by atoms with E-state index in [0.29, 0.717) is 5.69 Å². The number of hydrogen-bond acceptors (Lipinski definition) is 6. The molecule has 8 heteroatoms. The van der Waals surface area contributed by atoms with Crippen LogP contribution < -0.4 is 10.2 Å². The van der Waals surface area contributed by atoms with Gasteiger partial charge in [-0.25, -0.2) is 4.79 Å². The van der Waals surface area contributed by atoms with Gasteiger partial charge in [0.2, 0.25) is 0 Å². The van der Waals surface area contributed by atoms with Crippen LogP contribution in [0.3, 0.4) is 0 Å². The monoisotopic (exact) mass is 418 g/mol. The van der Waals surface area contributed by atoms with Crippen LogP contribution in [0.5, 0.6) is 0 Å². The predicted octanol–water partition coefficient (Wildman–Crippen LogP) is 2.94. The summed E-state index contributed by atoms with van der Waals surface area (Å²) in [6.07, 6.45) is 2.27. The van der Waals surface area contributed by atoms with Gasteiger partial charge in [0.05, 0.1) is 5.69 Å². The van der Waals surface area contributed by atoms with E-state index in [2.05, 4.69) is 36.3 Å². The van der Waals surface area contributed by atoms with Crippen LogP contribution in [0.4, 0.5) is 11.5 Å². The lowest BCUT2D eigenvalue weighted by Gasteiger charge is -2.15. The molecule has 1 amide bonds. The van der Waals surface area contributed by atoms with Crippen molar-refractivity contribution in [2.24, 2.45) is 0 Å². The molecule has 1 aromatic carbocycles. The highest BCUT2D eigenvalue weighted by Gasteiger charge is 2.17. The summed E-state index contributed by atoms with van der Waals surface area (Å²) in [5.74, 6) is -0.353. The lowest BCUT2D eigenvalue weighted by atomic mass is 10.2. The zero-order valence-corrected chi connectivity index (χ0v) is 16.0. The summed E-state index contributed by atoms with van der Waals surface area (Å²) in [7, 11) is 0. The van der Waals surface area contributed by atoms with E-state index in [0.717, 1.165) is 41.8 Å². The first-order valence-corrected chi connectivity index (χ1v) is 9.14. The van der Waals surface area contributed by atoms with Crippen molar-refractivity contribution < 1.29 is 14.3 Å². The molecular formula is C18H19BrN4O3. The fourth-order valence-electron chi connectivity index (χ4n) is 2.66. The number of amides is 1. The predicted molar refractivity (Wildman–Crippen MR) is 101 cm³/mol. The van der Waals surface area contributed by atoms with Crippen LogP contribution in [-0.2, 0) is 9.53 Å². The van der Waals surface area contributed by atoms with Gasteiger partial charge in [-0.2, -0.15) is 0 Å². The lowest BCUT2D eigenvalue weighted by molar-refractivity contribution is -0.119. The van der Waals surface area contributed by atoms with Crippen molar-refractivity contribution >= 4 is 39.3 Å². The Balaban J connectivity index is 1.52. The first kappa shape index (κ1) is 18.3. The van der Waals surface area contributed by atoms with Crippen molar-refractivity contribution in [3.63, 3.8) is 0 Å². The molecule has 7 nitrogen and oxygen atoms in total. The number of ether oxygens (including phenoxy) is 1. The number of aromatic nitrogens is 2. The zero-order valence-electron chi connectivity index (χ0n) is 14.4. The molecule has 136 valence electrons. The highest BCUT2D eigenvalue weighted by atomic mass is 79.9. The number of halogens is 1. The summed E-state index contributed by atoms with van der Waals surface area (Å²) in [5.41, 5.74) is 1.76. The number of carbonyl (C=O) groups excluding carboxylic acids is 2. The normalized spacial score (nSPS) is 13.5. The van der Waals surface area contributed by atoms with Gasteiger partial charge < -0.3 is 15.0 Å². The van der Waals surface area contributed by atoms with Crippen LogP contribution in [0.15, 0.2) is 34.8 Å². The third-order valence-corrected chi connectivity index (χ3v) is 4.68. The van der Waals surface area contributed by atoms with Gasteiger partial charge in [-0.1, -0.05) is 6.07 Å². The van der Waals surface area contributed by atoms with E-state index >= 15 is 0 Å². The largest absolute Gasteiger partial charge is 0.451 e. The molecule has 0 unspecified atom stereocenters. The first-order valence-electron chi connectivity index (χ1n) is 8.35. The van der Waals surface area contributed by atoms with E-state index in [1.807, 2.05) is 19.1 Å². The van der Waals surface area contributed by atoms with Crippen LogP contribution in [0.1, 0.15) is 28.9 Å². The molecule has 1 aromatic heterocycles. The number of nitrogens with zero attached hydrogens (tertiary/aromatic N) is 3. The number of anilines is 2. The number of hydrogen-bond donors (Lipinski definition) is 1. The minimum Gasteiger partial charge on any atom is -0.451 e. The summed E-state index contributed by atoms with van der Waals surface area (Å²) in [5, 5.41) is 10.7. The fourth-order valence-corrected chi connectivity index (χ4v) is 3.25. The molecule has 0 radical (unpaired) electrons. The van der Waals surface area contributed by atoms with Crippen LogP contribution in [0, 0.1) is 6.92 Å². The standard InChI is InChI=1S/C18H19BrN4O3/c1-12-4-5-14(13(19)10-12)20-17(24)11-26-18(25)15-6-7-16(22-21-15)23-8-2-3-9-23/h4-7,10H,2-3,8-9,11H2,1H3,(H,20,24). The maximum atomic E-state index is 12.0. The molecule has 1 saturated heterocycles. The number of carbonyl (C=O) groups is 2. The molecular weight excluding hydrogens is 400 g/mol. The molecule has 1 N–H and O–H groups in total. The van der Waals surface area contributed by atoms with Gasteiger partial charge in [0, 0.05) is 17.6 Å². The fraction of sp³-hybridized carbons (Fsp3) is 0.333. The highest BCUT2D eigenvalue weighted by Crippen LogP contribution is 2.23. The van der Waals surface area contributed by atoms with Gasteiger partial charge >= 0.3 is 5.97 Å². The number of esters is 1. The number of benzene rings is 1. The van der Waals surface area contributed by atoms with Gasteiger partial charge in [0.25, 0.3) is 5.91 Å². The van der Waals surface area contributed by atoms with E-state index < -0.39 is 18.5 Å². The molecule has 2 heterocycles. The molecule has 0 aliphatic carbocycles. The summed E-state index contributed by atoms with van der Waals surface area (Å²) in [6.45, 7) is 3.46. The molecule has 1 fully saturated rings. The van der Waals surface area contributed by atoms with Gasteiger partial charge in [0.15, 0.2) is 18.1 Å². The highest BCUT2D eigenvalue weighted by molar-refractivity contribution is 9.10. The average Bonchev–Trinajstić information content (AvgIpc) is 3.17.